The first kappa shape index (κ1) is 406. The van der Waals surface area contributed by atoms with Crippen molar-refractivity contribution in [1.82, 2.24) is 0 Å². The molecule has 0 bridgehead atoms. The van der Waals surface area contributed by atoms with E-state index in [9.17, 15) is 0 Å². The molecular weight excluding hydrogens is 509 g/mol. The van der Waals surface area contributed by atoms with Crippen molar-refractivity contribution in [3.05, 3.63) is 0 Å². The van der Waals surface area contributed by atoms with Crippen LogP contribution in [0.4, 0.5) is 0 Å². The fraction of sp³-hybridized carbons (Fsp3) is 0. The summed E-state index contributed by atoms with van der Waals surface area (Å²) in [5.41, 5.74) is 0. The van der Waals surface area contributed by atoms with Crippen LogP contribution in [0.2, 0.25) is 0 Å². The summed E-state index contributed by atoms with van der Waals surface area (Å²) in [4.78, 5) is 0. The Balaban J connectivity index is -0.000000000205. The zero-order valence-corrected chi connectivity index (χ0v) is 13.7. The smallest absolute Gasteiger partial charge is 2.00 e. The second-order valence-electron chi connectivity index (χ2n) is 0. The maximum absolute atomic E-state index is 4.25. The minimum Gasteiger partial charge on any atom is -2.00 e. The minimum absolute atomic E-state index is 0. The second-order valence-corrected chi connectivity index (χ2v) is 0. The van der Waals surface area contributed by atoms with E-state index in [4.69, 9.17) is 0 Å². The maximum atomic E-state index is 4.25. The maximum Gasteiger partial charge on any atom is 2.00 e. The van der Waals surface area contributed by atoms with Crippen molar-refractivity contribution in [2.24, 2.45) is 11.7 Å². The fourth-order valence-electron chi connectivity index (χ4n) is 0. The Morgan fingerprint density at radius 1 is 0.353 bits per heavy atom. The van der Waals surface area contributed by atoms with Gasteiger partial charge >= 0.3 is 33.0 Å². The average molecular weight is 519 g/mol. The number of rotatable bonds is 0. The molecule has 0 aromatic heterocycles. The molecule has 0 aliphatic carbocycles. The zero-order valence-electron chi connectivity index (χ0n) is 7.69. The molecular formula is H10Mo2N4Ni2O9-12. The summed E-state index contributed by atoms with van der Waals surface area (Å²) in [7, 11) is 0. The molecule has 0 aromatic rings. The van der Waals surface area contributed by atoms with E-state index < -0.39 is 0 Å². The molecule has 10 N–H and O–H groups in total. The van der Waals surface area contributed by atoms with Crippen molar-refractivity contribution < 1.29 is 136 Å². The van der Waals surface area contributed by atoms with Crippen LogP contribution in [0.15, 0.2) is 0 Å². The largest absolute Gasteiger partial charge is 2.00 e. The van der Waals surface area contributed by atoms with Gasteiger partial charge in [-0.2, -0.15) is 11.7 Å². The molecule has 0 fully saturated rings. The summed E-state index contributed by atoms with van der Waals surface area (Å²) in [6, 6.07) is 0. The summed E-state index contributed by atoms with van der Waals surface area (Å²) >= 11 is 0. The van der Waals surface area contributed by atoms with Crippen LogP contribution in [0.1, 0.15) is 0 Å². The Bertz CT molecular complexity index is 29.0. The van der Waals surface area contributed by atoms with Crippen LogP contribution in [0, 0.1) is 0 Å². The van der Waals surface area contributed by atoms with Gasteiger partial charge in [-0.15, -0.1) is 0 Å². The Morgan fingerprint density at radius 3 is 0.353 bits per heavy atom. The summed E-state index contributed by atoms with van der Waals surface area (Å²) in [6.07, 6.45) is 0. The van der Waals surface area contributed by atoms with E-state index in [1.165, 1.54) is 0 Å². The van der Waals surface area contributed by atoms with Gasteiger partial charge in [0.05, 0.1) is 0 Å². The first-order chi connectivity index (χ1) is 2.00. The van der Waals surface area contributed by atoms with Crippen molar-refractivity contribution in [3.63, 3.8) is 0 Å². The van der Waals surface area contributed by atoms with Gasteiger partial charge in [-0.05, 0) is 0 Å². The summed E-state index contributed by atoms with van der Waals surface area (Å²) in [6.45, 7) is 0. The molecule has 0 aliphatic rings. The van der Waals surface area contributed by atoms with E-state index in [0.29, 0.717) is 0 Å². The molecule has 17 heavy (non-hydrogen) atoms. The third-order valence-corrected chi connectivity index (χ3v) is 0. The van der Waals surface area contributed by atoms with Crippen molar-refractivity contribution in [2.75, 3.05) is 0 Å². The van der Waals surface area contributed by atoms with Gasteiger partial charge in [-0.1, -0.05) is 0 Å². The monoisotopic (exact) mass is 522 g/mol. The van der Waals surface area contributed by atoms with E-state index in [1.807, 2.05) is 0 Å². The van der Waals surface area contributed by atoms with E-state index in [-0.39, 0.29) is 124 Å². The first-order valence-corrected chi connectivity index (χ1v) is 0.816. The molecule has 0 spiro atoms. The van der Waals surface area contributed by atoms with Crippen LogP contribution in [0.25, 0.3) is 0 Å². The normalized spacial score (nSPS) is 0.706. The Morgan fingerprint density at radius 2 is 0.353 bits per heavy atom. The van der Waals surface area contributed by atoms with E-state index in [2.05, 4.69) is 23.4 Å². The topological polar surface area (TPSA) is 364 Å². The molecule has 17 heteroatoms. The molecule has 0 aromatic carbocycles. The molecule has 0 heterocycles. The Labute approximate surface area is 147 Å². The van der Waals surface area contributed by atoms with Crippen molar-refractivity contribution in [3.8, 4) is 0 Å². The van der Waals surface area contributed by atoms with Crippen LogP contribution in [-0.4, -0.2) is 0 Å². The van der Waals surface area contributed by atoms with Crippen LogP contribution in [0.5, 0.6) is 0 Å². The molecule has 13 nitrogen and oxygen atoms in total. The van der Waals surface area contributed by atoms with Crippen LogP contribution in [-0.2, 0) is 124 Å². The fourth-order valence-corrected chi connectivity index (χ4v) is 0. The number of hydrogen-bond acceptors (Lipinski definition) is 2. The molecule has 0 aliphatic heterocycles. The summed E-state index contributed by atoms with van der Waals surface area (Å²) in [5, 5.41) is 0. The van der Waals surface area contributed by atoms with Crippen molar-refractivity contribution in [2.45, 2.75) is 0 Å². The quantitative estimate of drug-likeness (QED) is 0.139. The predicted molar refractivity (Wildman–Crippen MR) is 20.3 cm³/mol. The van der Waals surface area contributed by atoms with Gasteiger partial charge in [-0.25, -0.2) is 0 Å². The molecule has 0 amide bonds. The predicted octanol–water partition coefficient (Wildman–Crippen LogP) is -4.88. The molecule has 0 saturated heterocycles. The van der Waals surface area contributed by atoms with Gasteiger partial charge in [0, 0.05) is 42.1 Å². The molecule has 128 valence electrons. The zero-order chi connectivity index (χ0) is 4.00. The van der Waals surface area contributed by atoms with Crippen LogP contribution < -0.4 is 23.4 Å². The molecule has 0 unspecified atom stereocenters. The van der Waals surface area contributed by atoms with E-state index >= 15 is 0 Å². The van der Waals surface area contributed by atoms with E-state index in [1.54, 1.807) is 0 Å². The summed E-state index contributed by atoms with van der Waals surface area (Å²) in [5.74, 6) is 14.0. The first-order valence-electron chi connectivity index (χ1n) is 0.816. The molecule has 0 saturated carbocycles. The van der Waals surface area contributed by atoms with Gasteiger partial charge in [0.25, 0.3) is 0 Å². The third-order valence-electron chi connectivity index (χ3n) is 0. The van der Waals surface area contributed by atoms with Gasteiger partial charge < -0.3 is 49.3 Å². The van der Waals surface area contributed by atoms with Crippen molar-refractivity contribution in [1.29, 1.82) is 0 Å². The second kappa shape index (κ2) is 1490. The SMILES string of the molecule is N[NH3+].N[NH3+].[Mo].[Mo].[Ni+2].[Ni+2].[O-2].[O-2].[O-2].[O-2].[O-2].[O-2].[O-2].[O-2].[O-2]. The number of nitrogens with two attached hydrogens (primary N) is 2. The van der Waals surface area contributed by atoms with Crippen LogP contribution in [0.3, 0.4) is 0 Å². The van der Waals surface area contributed by atoms with Gasteiger partial charge in [0.1, 0.15) is 0 Å². The molecule has 0 rings (SSSR count). The molecule has 0 atom stereocenters. The standard InChI is InChI=1S/2Mo.2H4N2.2Ni.9O/c;;2*1-2;;;;;;;;;;;/h;;2*1-2H2;;;;;;;;;;;/q;;;;2*+2;9*-2/p+2. The summed E-state index contributed by atoms with van der Waals surface area (Å²) < 4.78 is 0. The van der Waals surface area contributed by atoms with Gasteiger partial charge in [0.15, 0.2) is 0 Å². The third kappa shape index (κ3) is 1320. The average Bonchev–Trinajstić information content (AvgIpc) is 1.50. The number of quaternary nitrogens is 2. The number of hydrogen-bond donors (Lipinski definition) is 4. The van der Waals surface area contributed by atoms with Gasteiger partial charge in [-0.3, -0.25) is 11.7 Å². The van der Waals surface area contributed by atoms with Crippen LogP contribution >= 0.6 is 0 Å². The van der Waals surface area contributed by atoms with Gasteiger partial charge in [0.2, 0.25) is 0 Å². The minimum atomic E-state index is 0. The Hall–Kier alpha value is 1.84. The molecule has 0 radical (unpaired) electrons. The van der Waals surface area contributed by atoms with Crippen molar-refractivity contribution >= 4 is 0 Å². The Kier molecular flexibility index (Phi) is 35600. The van der Waals surface area contributed by atoms with E-state index in [0.717, 1.165) is 0 Å².